The first-order valence-corrected chi connectivity index (χ1v) is 5.93. The number of halogens is 1. The van der Waals surface area contributed by atoms with Crippen LogP contribution in [0, 0.1) is 0 Å². The van der Waals surface area contributed by atoms with E-state index in [1.807, 2.05) is 53.2 Å². The number of rotatable bonds is 2. The van der Waals surface area contributed by atoms with E-state index in [-0.39, 0.29) is 0 Å². The van der Waals surface area contributed by atoms with Gasteiger partial charge in [-0.3, -0.25) is 4.40 Å². The van der Waals surface area contributed by atoms with E-state index in [9.17, 15) is 0 Å². The fourth-order valence-electron chi connectivity index (χ4n) is 1.93. The molecule has 0 saturated heterocycles. The molecule has 0 amide bonds. The first kappa shape index (κ1) is 11.1. The summed E-state index contributed by atoms with van der Waals surface area (Å²) in [6.45, 7) is 0. The maximum atomic E-state index is 6.01. The predicted octanol–water partition coefficient (Wildman–Crippen LogP) is 3.66. The number of ether oxygens (including phenoxy) is 1. The molecule has 4 heteroatoms. The molecule has 18 heavy (non-hydrogen) atoms. The lowest BCUT2D eigenvalue weighted by atomic mass is 10.2. The molecule has 0 unspecified atom stereocenters. The Morgan fingerprint density at radius 2 is 2.11 bits per heavy atom. The van der Waals surface area contributed by atoms with E-state index >= 15 is 0 Å². The van der Waals surface area contributed by atoms with Gasteiger partial charge >= 0.3 is 0 Å². The molecule has 0 aliphatic carbocycles. The highest BCUT2D eigenvalue weighted by Crippen LogP contribution is 2.24. The second kappa shape index (κ2) is 4.35. The lowest BCUT2D eigenvalue weighted by Gasteiger charge is -2.04. The third-order valence-corrected chi connectivity index (χ3v) is 3.05. The minimum Gasteiger partial charge on any atom is -0.495 e. The monoisotopic (exact) mass is 258 g/mol. The highest BCUT2D eigenvalue weighted by Gasteiger charge is 2.07. The SMILES string of the molecule is COc1ccc2cnc(-c3cccc(Cl)c3)n2c1. The number of hydrogen-bond acceptors (Lipinski definition) is 2. The van der Waals surface area contributed by atoms with Crippen molar-refractivity contribution in [3.05, 3.63) is 53.8 Å². The Labute approximate surface area is 110 Å². The summed E-state index contributed by atoms with van der Waals surface area (Å²) in [6, 6.07) is 11.5. The number of pyridine rings is 1. The molecule has 0 spiro atoms. The predicted molar refractivity (Wildman–Crippen MR) is 72.2 cm³/mol. The quantitative estimate of drug-likeness (QED) is 0.701. The molecule has 90 valence electrons. The van der Waals surface area contributed by atoms with E-state index in [4.69, 9.17) is 16.3 Å². The van der Waals surface area contributed by atoms with Crippen LogP contribution in [-0.2, 0) is 0 Å². The van der Waals surface area contributed by atoms with Crippen LogP contribution in [0.25, 0.3) is 16.9 Å². The van der Waals surface area contributed by atoms with E-state index in [2.05, 4.69) is 4.98 Å². The van der Waals surface area contributed by atoms with Crippen molar-refractivity contribution in [1.82, 2.24) is 9.38 Å². The Morgan fingerprint density at radius 1 is 1.22 bits per heavy atom. The first-order valence-electron chi connectivity index (χ1n) is 5.55. The molecule has 0 N–H and O–H groups in total. The molecule has 0 saturated carbocycles. The molecule has 2 aromatic heterocycles. The summed E-state index contributed by atoms with van der Waals surface area (Å²) in [5, 5.41) is 0.701. The Hall–Kier alpha value is -2.00. The lowest BCUT2D eigenvalue weighted by molar-refractivity contribution is 0.412. The Balaban J connectivity index is 2.22. The number of methoxy groups -OCH3 is 1. The van der Waals surface area contributed by atoms with Crippen LogP contribution < -0.4 is 4.74 Å². The summed E-state index contributed by atoms with van der Waals surface area (Å²) >= 11 is 6.01. The van der Waals surface area contributed by atoms with Gasteiger partial charge in [-0.1, -0.05) is 23.7 Å². The molecule has 1 aromatic carbocycles. The average molecular weight is 259 g/mol. The summed E-state index contributed by atoms with van der Waals surface area (Å²) in [6.07, 6.45) is 3.74. The zero-order valence-corrected chi connectivity index (χ0v) is 10.6. The molecule has 0 radical (unpaired) electrons. The maximum Gasteiger partial charge on any atom is 0.144 e. The number of imidazole rings is 1. The lowest BCUT2D eigenvalue weighted by Crippen LogP contribution is -1.91. The van der Waals surface area contributed by atoms with Crippen LogP contribution in [0.3, 0.4) is 0 Å². The van der Waals surface area contributed by atoms with Crippen molar-refractivity contribution in [2.24, 2.45) is 0 Å². The van der Waals surface area contributed by atoms with Gasteiger partial charge in [0.25, 0.3) is 0 Å². The van der Waals surface area contributed by atoms with Gasteiger partial charge in [0.05, 0.1) is 25.0 Å². The summed E-state index contributed by atoms with van der Waals surface area (Å²) in [7, 11) is 1.65. The van der Waals surface area contributed by atoms with Gasteiger partial charge in [0.2, 0.25) is 0 Å². The fourth-order valence-corrected chi connectivity index (χ4v) is 2.12. The van der Waals surface area contributed by atoms with E-state index in [1.54, 1.807) is 7.11 Å². The number of nitrogens with zero attached hydrogens (tertiary/aromatic N) is 2. The van der Waals surface area contributed by atoms with Crippen LogP contribution in [0.4, 0.5) is 0 Å². The minimum absolute atomic E-state index is 0.701. The van der Waals surface area contributed by atoms with Crippen molar-refractivity contribution < 1.29 is 4.74 Å². The Bertz CT molecular complexity index is 706. The van der Waals surface area contributed by atoms with Crippen LogP contribution in [0.15, 0.2) is 48.8 Å². The van der Waals surface area contributed by atoms with Crippen molar-refractivity contribution >= 4 is 17.1 Å². The zero-order valence-electron chi connectivity index (χ0n) is 9.80. The van der Waals surface area contributed by atoms with Crippen LogP contribution in [0.1, 0.15) is 0 Å². The first-order chi connectivity index (χ1) is 8.78. The molecule has 3 rings (SSSR count). The van der Waals surface area contributed by atoms with Crippen LogP contribution >= 0.6 is 11.6 Å². The summed E-state index contributed by atoms with van der Waals surface area (Å²) in [5.74, 6) is 1.65. The number of benzene rings is 1. The van der Waals surface area contributed by atoms with Gasteiger partial charge in [-0.25, -0.2) is 4.98 Å². The van der Waals surface area contributed by atoms with Gasteiger partial charge in [0.1, 0.15) is 11.6 Å². The molecule has 0 atom stereocenters. The van der Waals surface area contributed by atoms with E-state index in [1.165, 1.54) is 0 Å². The Morgan fingerprint density at radius 3 is 2.89 bits per heavy atom. The van der Waals surface area contributed by atoms with Crippen molar-refractivity contribution in [2.45, 2.75) is 0 Å². The Kier molecular flexibility index (Phi) is 2.68. The zero-order chi connectivity index (χ0) is 12.5. The molecule has 2 heterocycles. The van der Waals surface area contributed by atoms with Gasteiger partial charge in [0.15, 0.2) is 0 Å². The van der Waals surface area contributed by atoms with Crippen molar-refractivity contribution in [3.63, 3.8) is 0 Å². The van der Waals surface area contributed by atoms with E-state index < -0.39 is 0 Å². The molecule has 0 aliphatic rings. The molecule has 3 nitrogen and oxygen atoms in total. The summed E-state index contributed by atoms with van der Waals surface area (Å²) in [4.78, 5) is 4.43. The minimum atomic E-state index is 0.701. The third kappa shape index (κ3) is 1.83. The molecule has 0 fully saturated rings. The maximum absolute atomic E-state index is 6.01. The molecular formula is C14H11ClN2O. The van der Waals surface area contributed by atoms with Crippen molar-refractivity contribution in [1.29, 1.82) is 0 Å². The largest absolute Gasteiger partial charge is 0.495 e. The van der Waals surface area contributed by atoms with Crippen molar-refractivity contribution in [2.75, 3.05) is 7.11 Å². The van der Waals surface area contributed by atoms with Gasteiger partial charge in [-0.05, 0) is 24.3 Å². The molecule has 0 bridgehead atoms. The van der Waals surface area contributed by atoms with Crippen LogP contribution in [0.5, 0.6) is 5.75 Å². The van der Waals surface area contributed by atoms with Gasteiger partial charge in [-0.2, -0.15) is 0 Å². The second-order valence-corrected chi connectivity index (χ2v) is 4.39. The van der Waals surface area contributed by atoms with Gasteiger partial charge in [0, 0.05) is 10.6 Å². The topological polar surface area (TPSA) is 26.5 Å². The van der Waals surface area contributed by atoms with Gasteiger partial charge in [-0.15, -0.1) is 0 Å². The number of aromatic nitrogens is 2. The highest BCUT2D eigenvalue weighted by atomic mass is 35.5. The average Bonchev–Trinajstić information content (AvgIpc) is 2.81. The normalized spacial score (nSPS) is 10.8. The van der Waals surface area contributed by atoms with E-state index in [0.717, 1.165) is 22.7 Å². The molecule has 0 aliphatic heterocycles. The molecule has 3 aromatic rings. The number of hydrogen-bond donors (Lipinski definition) is 0. The van der Waals surface area contributed by atoms with Crippen LogP contribution in [0.2, 0.25) is 5.02 Å². The second-order valence-electron chi connectivity index (χ2n) is 3.96. The number of fused-ring (bicyclic) bond motifs is 1. The smallest absolute Gasteiger partial charge is 0.144 e. The standard InChI is InChI=1S/C14H11ClN2O/c1-18-13-6-5-12-8-16-14(17(12)9-13)10-3-2-4-11(15)7-10/h2-9H,1H3. The summed E-state index contributed by atoms with van der Waals surface area (Å²) < 4.78 is 7.22. The molecular weight excluding hydrogens is 248 g/mol. The van der Waals surface area contributed by atoms with Gasteiger partial charge < -0.3 is 4.74 Å². The van der Waals surface area contributed by atoms with Crippen molar-refractivity contribution in [3.8, 4) is 17.1 Å². The van der Waals surface area contributed by atoms with Crippen LogP contribution in [-0.4, -0.2) is 16.5 Å². The third-order valence-electron chi connectivity index (χ3n) is 2.82. The van der Waals surface area contributed by atoms with E-state index in [0.29, 0.717) is 5.02 Å². The summed E-state index contributed by atoms with van der Waals surface area (Å²) in [5.41, 5.74) is 2.00. The fraction of sp³-hybridized carbons (Fsp3) is 0.0714. The highest BCUT2D eigenvalue weighted by molar-refractivity contribution is 6.30.